The SMILES string of the molecule is COc1ccc(C2=CC(c3ccccc3)SC(=S)N2)cc1. The molecule has 0 amide bonds. The fraction of sp³-hybridized carbons (Fsp3) is 0.118. The van der Waals surface area contributed by atoms with Crippen LogP contribution in [0.2, 0.25) is 0 Å². The molecule has 1 heterocycles. The molecule has 2 aromatic rings. The molecular formula is C17H15NOS2. The van der Waals surface area contributed by atoms with Crippen LogP contribution in [-0.2, 0) is 0 Å². The molecule has 0 aromatic heterocycles. The summed E-state index contributed by atoms with van der Waals surface area (Å²) < 4.78 is 6.00. The normalized spacial score (nSPS) is 17.9. The van der Waals surface area contributed by atoms with Gasteiger partial charge in [-0.25, -0.2) is 0 Å². The fourth-order valence-electron chi connectivity index (χ4n) is 2.23. The first-order valence-corrected chi connectivity index (χ1v) is 7.94. The number of ether oxygens (including phenoxy) is 1. The second kappa shape index (κ2) is 6.33. The number of methoxy groups -OCH3 is 1. The molecule has 0 spiro atoms. The van der Waals surface area contributed by atoms with Crippen molar-refractivity contribution in [1.82, 2.24) is 5.32 Å². The third-order valence-corrected chi connectivity index (χ3v) is 4.69. The van der Waals surface area contributed by atoms with Gasteiger partial charge in [-0.1, -0.05) is 54.3 Å². The first-order valence-electron chi connectivity index (χ1n) is 6.65. The van der Waals surface area contributed by atoms with Crippen molar-refractivity contribution in [2.24, 2.45) is 0 Å². The zero-order valence-electron chi connectivity index (χ0n) is 11.6. The molecular weight excluding hydrogens is 298 g/mol. The van der Waals surface area contributed by atoms with Crippen LogP contribution in [0.15, 0.2) is 60.7 Å². The molecule has 0 radical (unpaired) electrons. The van der Waals surface area contributed by atoms with Gasteiger partial charge in [-0.15, -0.1) is 0 Å². The van der Waals surface area contributed by atoms with Crippen LogP contribution >= 0.6 is 24.0 Å². The maximum Gasteiger partial charge on any atom is 0.139 e. The van der Waals surface area contributed by atoms with Crippen molar-refractivity contribution >= 4 is 34.0 Å². The van der Waals surface area contributed by atoms with Gasteiger partial charge in [0.25, 0.3) is 0 Å². The highest BCUT2D eigenvalue weighted by molar-refractivity contribution is 8.23. The summed E-state index contributed by atoms with van der Waals surface area (Å²) in [6.07, 6.45) is 2.22. The summed E-state index contributed by atoms with van der Waals surface area (Å²) in [6.45, 7) is 0. The summed E-state index contributed by atoms with van der Waals surface area (Å²) in [5.74, 6) is 0.853. The minimum atomic E-state index is 0.247. The van der Waals surface area contributed by atoms with E-state index < -0.39 is 0 Å². The zero-order chi connectivity index (χ0) is 14.7. The Labute approximate surface area is 134 Å². The number of hydrogen-bond acceptors (Lipinski definition) is 3. The van der Waals surface area contributed by atoms with Crippen molar-refractivity contribution in [2.45, 2.75) is 5.25 Å². The van der Waals surface area contributed by atoms with Crippen LogP contribution in [0.5, 0.6) is 5.75 Å². The van der Waals surface area contributed by atoms with Gasteiger partial charge in [0.2, 0.25) is 0 Å². The Morgan fingerprint density at radius 1 is 1.05 bits per heavy atom. The van der Waals surface area contributed by atoms with E-state index in [-0.39, 0.29) is 5.25 Å². The van der Waals surface area contributed by atoms with Gasteiger partial charge in [-0.05, 0) is 41.5 Å². The maximum atomic E-state index is 5.39. The molecule has 2 aromatic carbocycles. The molecule has 106 valence electrons. The Morgan fingerprint density at radius 2 is 1.76 bits per heavy atom. The van der Waals surface area contributed by atoms with Crippen LogP contribution in [-0.4, -0.2) is 11.4 Å². The molecule has 1 N–H and O–H groups in total. The van der Waals surface area contributed by atoms with E-state index in [1.54, 1.807) is 18.9 Å². The van der Waals surface area contributed by atoms with E-state index in [2.05, 4.69) is 35.7 Å². The van der Waals surface area contributed by atoms with Gasteiger partial charge in [0.05, 0.1) is 12.4 Å². The first-order chi connectivity index (χ1) is 10.3. The summed E-state index contributed by atoms with van der Waals surface area (Å²) in [7, 11) is 1.67. The van der Waals surface area contributed by atoms with E-state index in [0.29, 0.717) is 0 Å². The van der Waals surface area contributed by atoms with E-state index in [1.165, 1.54) is 5.56 Å². The average Bonchev–Trinajstić information content (AvgIpc) is 2.55. The van der Waals surface area contributed by atoms with E-state index in [9.17, 15) is 0 Å². The van der Waals surface area contributed by atoms with Gasteiger partial charge in [0, 0.05) is 5.70 Å². The van der Waals surface area contributed by atoms with E-state index in [1.807, 2.05) is 30.3 Å². The predicted octanol–water partition coefficient (Wildman–Crippen LogP) is 4.40. The smallest absolute Gasteiger partial charge is 0.139 e. The molecule has 1 atom stereocenters. The summed E-state index contributed by atoms with van der Waals surface area (Å²) in [6, 6.07) is 18.4. The molecule has 0 bridgehead atoms. The number of hydrogen-bond donors (Lipinski definition) is 1. The highest BCUT2D eigenvalue weighted by Gasteiger charge is 2.20. The standard InChI is InChI=1S/C17H15NOS2/c1-19-14-9-7-12(8-10-14)15-11-16(21-17(20)18-15)13-5-3-2-4-6-13/h2-11,16H,1H3,(H,18,20). The minimum absolute atomic E-state index is 0.247. The Bertz CT molecular complexity index is 665. The summed E-state index contributed by atoms with van der Waals surface area (Å²) in [4.78, 5) is 0. The largest absolute Gasteiger partial charge is 0.497 e. The molecule has 0 fully saturated rings. The molecule has 1 unspecified atom stereocenters. The van der Waals surface area contributed by atoms with Gasteiger partial charge in [-0.2, -0.15) is 0 Å². The lowest BCUT2D eigenvalue weighted by Gasteiger charge is -2.23. The predicted molar refractivity (Wildman–Crippen MR) is 93.5 cm³/mol. The number of thioether (sulfide) groups is 1. The molecule has 0 saturated carbocycles. The van der Waals surface area contributed by atoms with Crippen molar-refractivity contribution in [2.75, 3.05) is 7.11 Å². The van der Waals surface area contributed by atoms with Gasteiger partial charge in [0.1, 0.15) is 10.1 Å². The molecule has 21 heavy (non-hydrogen) atoms. The van der Waals surface area contributed by atoms with Crippen LogP contribution in [0.3, 0.4) is 0 Å². The molecule has 2 nitrogen and oxygen atoms in total. The van der Waals surface area contributed by atoms with Gasteiger partial charge >= 0.3 is 0 Å². The Hall–Kier alpha value is -1.78. The highest BCUT2D eigenvalue weighted by Crippen LogP contribution is 2.37. The average molecular weight is 313 g/mol. The Morgan fingerprint density at radius 3 is 2.43 bits per heavy atom. The molecule has 3 rings (SSSR count). The monoisotopic (exact) mass is 313 g/mol. The Balaban J connectivity index is 1.92. The lowest BCUT2D eigenvalue weighted by atomic mass is 10.1. The van der Waals surface area contributed by atoms with E-state index >= 15 is 0 Å². The quantitative estimate of drug-likeness (QED) is 0.848. The Kier molecular flexibility index (Phi) is 4.27. The second-order valence-electron chi connectivity index (χ2n) is 4.67. The van der Waals surface area contributed by atoms with Crippen molar-refractivity contribution in [3.05, 3.63) is 71.8 Å². The van der Waals surface area contributed by atoms with Crippen LogP contribution in [0.4, 0.5) is 0 Å². The lowest BCUT2D eigenvalue weighted by molar-refractivity contribution is 0.415. The number of thiocarbonyl (C=S) groups is 1. The number of benzene rings is 2. The summed E-state index contributed by atoms with van der Waals surface area (Å²) in [5, 5.41) is 3.53. The van der Waals surface area contributed by atoms with Gasteiger partial charge in [-0.3, -0.25) is 0 Å². The van der Waals surface area contributed by atoms with Gasteiger partial charge < -0.3 is 10.1 Å². The van der Waals surface area contributed by atoms with Crippen molar-refractivity contribution in [1.29, 1.82) is 0 Å². The molecule has 4 heteroatoms. The number of nitrogens with one attached hydrogen (secondary N) is 1. The fourth-order valence-corrected chi connectivity index (χ4v) is 3.55. The maximum absolute atomic E-state index is 5.39. The third kappa shape index (κ3) is 3.28. The molecule has 0 saturated heterocycles. The van der Waals surface area contributed by atoms with Crippen molar-refractivity contribution < 1.29 is 4.74 Å². The summed E-state index contributed by atoms with van der Waals surface area (Å²) in [5.41, 5.74) is 3.42. The lowest BCUT2D eigenvalue weighted by Crippen LogP contribution is -2.22. The molecule has 1 aliphatic rings. The third-order valence-electron chi connectivity index (χ3n) is 3.32. The van der Waals surface area contributed by atoms with E-state index in [4.69, 9.17) is 17.0 Å². The van der Waals surface area contributed by atoms with Crippen LogP contribution in [0.1, 0.15) is 16.4 Å². The second-order valence-corrected chi connectivity index (χ2v) is 6.49. The topological polar surface area (TPSA) is 21.3 Å². The zero-order valence-corrected chi connectivity index (χ0v) is 13.2. The van der Waals surface area contributed by atoms with Crippen LogP contribution < -0.4 is 10.1 Å². The van der Waals surface area contributed by atoms with Crippen LogP contribution in [0, 0.1) is 0 Å². The number of rotatable bonds is 3. The van der Waals surface area contributed by atoms with Crippen molar-refractivity contribution in [3.63, 3.8) is 0 Å². The first kappa shape index (κ1) is 14.2. The molecule has 1 aliphatic heterocycles. The van der Waals surface area contributed by atoms with Crippen LogP contribution in [0.25, 0.3) is 5.70 Å². The van der Waals surface area contributed by atoms with Gasteiger partial charge in [0.15, 0.2) is 0 Å². The highest BCUT2D eigenvalue weighted by atomic mass is 32.2. The summed E-state index contributed by atoms with van der Waals surface area (Å²) >= 11 is 7.06. The molecule has 0 aliphatic carbocycles. The van der Waals surface area contributed by atoms with Crippen molar-refractivity contribution in [3.8, 4) is 5.75 Å². The van der Waals surface area contributed by atoms with E-state index in [0.717, 1.165) is 21.3 Å². The minimum Gasteiger partial charge on any atom is -0.497 e.